The number of carbonyl (C=O) groups excluding carboxylic acids is 1. The minimum Gasteiger partial charge on any atom is -0.352 e. The van der Waals surface area contributed by atoms with Gasteiger partial charge in [0.25, 0.3) is 5.91 Å². The Morgan fingerprint density at radius 2 is 2.33 bits per heavy atom. The first-order chi connectivity index (χ1) is 8.66. The molecule has 0 saturated heterocycles. The molecule has 2 rings (SSSR count). The van der Waals surface area contributed by atoms with Gasteiger partial charge in [-0.25, -0.2) is 4.98 Å². The van der Waals surface area contributed by atoms with E-state index in [0.717, 1.165) is 22.2 Å². The zero-order chi connectivity index (χ0) is 13.0. The highest BCUT2D eigenvalue weighted by Crippen LogP contribution is 2.17. The molecule has 0 aliphatic heterocycles. The van der Waals surface area contributed by atoms with E-state index in [9.17, 15) is 4.79 Å². The molecule has 5 heteroatoms. The Hall–Kier alpha value is -1.62. The Balaban J connectivity index is 1.89. The fourth-order valence-corrected chi connectivity index (χ4v) is 1.95. The summed E-state index contributed by atoms with van der Waals surface area (Å²) in [6.07, 6.45) is 4.14. The average molecular weight is 308 g/mol. The predicted molar refractivity (Wildman–Crippen MR) is 73.5 cm³/mol. The molecule has 18 heavy (non-hydrogen) atoms. The Bertz CT molecular complexity index is 537. The van der Waals surface area contributed by atoms with Gasteiger partial charge in [0.1, 0.15) is 0 Å². The number of aryl methyl sites for hydroxylation is 1. The standard InChI is InChI=1S/C13H14BrN3O/c1-9-2-3-10(6-12(9)14)13(18)16-5-4-11-7-15-8-17-11/h2-3,6-8H,4-5H2,1H3,(H,15,17)(H,16,18). The van der Waals surface area contributed by atoms with Gasteiger partial charge in [0, 0.05) is 34.9 Å². The van der Waals surface area contributed by atoms with Crippen molar-refractivity contribution in [1.29, 1.82) is 0 Å². The average Bonchev–Trinajstić information content (AvgIpc) is 2.85. The lowest BCUT2D eigenvalue weighted by Crippen LogP contribution is -2.25. The van der Waals surface area contributed by atoms with Crippen molar-refractivity contribution in [2.75, 3.05) is 6.54 Å². The van der Waals surface area contributed by atoms with Gasteiger partial charge in [-0.3, -0.25) is 4.79 Å². The third kappa shape index (κ3) is 3.20. The fraction of sp³-hybridized carbons (Fsp3) is 0.231. The number of benzene rings is 1. The lowest BCUT2D eigenvalue weighted by molar-refractivity contribution is 0.0954. The predicted octanol–water partition coefficient (Wildman–Crippen LogP) is 2.45. The third-order valence-corrected chi connectivity index (χ3v) is 3.52. The van der Waals surface area contributed by atoms with E-state index >= 15 is 0 Å². The maximum absolute atomic E-state index is 11.9. The molecule has 0 saturated carbocycles. The van der Waals surface area contributed by atoms with Crippen LogP contribution in [0.15, 0.2) is 35.2 Å². The van der Waals surface area contributed by atoms with Gasteiger partial charge < -0.3 is 10.3 Å². The molecule has 0 atom stereocenters. The van der Waals surface area contributed by atoms with Crippen molar-refractivity contribution in [2.45, 2.75) is 13.3 Å². The van der Waals surface area contributed by atoms with Gasteiger partial charge in [0.2, 0.25) is 0 Å². The number of amides is 1. The lowest BCUT2D eigenvalue weighted by Gasteiger charge is -2.06. The van der Waals surface area contributed by atoms with Crippen molar-refractivity contribution in [3.05, 3.63) is 52.0 Å². The molecule has 1 heterocycles. The first kappa shape index (κ1) is 12.8. The van der Waals surface area contributed by atoms with E-state index in [-0.39, 0.29) is 5.91 Å². The summed E-state index contributed by atoms with van der Waals surface area (Å²) >= 11 is 3.42. The summed E-state index contributed by atoms with van der Waals surface area (Å²) in [4.78, 5) is 18.8. The fourth-order valence-electron chi connectivity index (χ4n) is 1.57. The molecular weight excluding hydrogens is 294 g/mol. The number of imidazole rings is 1. The number of hydrogen-bond acceptors (Lipinski definition) is 2. The van der Waals surface area contributed by atoms with Gasteiger partial charge in [-0.1, -0.05) is 22.0 Å². The number of halogens is 1. The molecule has 4 nitrogen and oxygen atoms in total. The molecular formula is C13H14BrN3O. The van der Waals surface area contributed by atoms with E-state index in [1.165, 1.54) is 0 Å². The van der Waals surface area contributed by atoms with E-state index < -0.39 is 0 Å². The first-order valence-electron chi connectivity index (χ1n) is 5.68. The van der Waals surface area contributed by atoms with E-state index in [1.807, 2.05) is 25.1 Å². The van der Waals surface area contributed by atoms with Gasteiger partial charge in [0.15, 0.2) is 0 Å². The number of hydrogen-bond donors (Lipinski definition) is 2. The van der Waals surface area contributed by atoms with Gasteiger partial charge in [-0.15, -0.1) is 0 Å². The molecule has 2 aromatic rings. The van der Waals surface area contributed by atoms with Crippen molar-refractivity contribution in [3.8, 4) is 0 Å². The van der Waals surface area contributed by atoms with Crippen LogP contribution < -0.4 is 5.32 Å². The van der Waals surface area contributed by atoms with Crippen LogP contribution in [0.5, 0.6) is 0 Å². The van der Waals surface area contributed by atoms with Gasteiger partial charge in [0.05, 0.1) is 6.33 Å². The van der Waals surface area contributed by atoms with E-state index in [4.69, 9.17) is 0 Å². The maximum atomic E-state index is 11.9. The van der Waals surface area contributed by atoms with Crippen molar-refractivity contribution in [2.24, 2.45) is 0 Å². The van der Waals surface area contributed by atoms with Crippen LogP contribution in [0.2, 0.25) is 0 Å². The zero-order valence-electron chi connectivity index (χ0n) is 10.0. The Kier molecular flexibility index (Phi) is 4.15. The molecule has 0 aliphatic carbocycles. The zero-order valence-corrected chi connectivity index (χ0v) is 11.6. The number of H-pyrrole nitrogens is 1. The van der Waals surface area contributed by atoms with Crippen LogP contribution >= 0.6 is 15.9 Å². The highest BCUT2D eigenvalue weighted by atomic mass is 79.9. The van der Waals surface area contributed by atoms with Crippen LogP contribution in [-0.4, -0.2) is 22.4 Å². The second-order valence-electron chi connectivity index (χ2n) is 4.05. The quantitative estimate of drug-likeness (QED) is 0.911. The smallest absolute Gasteiger partial charge is 0.251 e. The first-order valence-corrected chi connectivity index (χ1v) is 6.47. The molecule has 0 spiro atoms. The van der Waals surface area contributed by atoms with E-state index in [0.29, 0.717) is 12.1 Å². The number of rotatable bonds is 4. The Labute approximate surface area is 114 Å². The third-order valence-electron chi connectivity index (χ3n) is 2.67. The summed E-state index contributed by atoms with van der Waals surface area (Å²) in [6, 6.07) is 5.58. The minimum atomic E-state index is -0.0600. The maximum Gasteiger partial charge on any atom is 0.251 e. The van der Waals surface area contributed by atoms with Crippen LogP contribution in [0.3, 0.4) is 0 Å². The highest BCUT2D eigenvalue weighted by Gasteiger charge is 2.06. The molecule has 0 bridgehead atoms. The van der Waals surface area contributed by atoms with Crippen LogP contribution in [0.1, 0.15) is 21.6 Å². The molecule has 0 radical (unpaired) electrons. The van der Waals surface area contributed by atoms with Crippen molar-refractivity contribution in [1.82, 2.24) is 15.3 Å². The molecule has 94 valence electrons. The SMILES string of the molecule is Cc1ccc(C(=O)NCCc2cnc[nH]2)cc1Br. The molecule has 0 aliphatic rings. The van der Waals surface area contributed by atoms with Crippen LogP contribution in [0, 0.1) is 6.92 Å². The Morgan fingerprint density at radius 1 is 1.50 bits per heavy atom. The molecule has 1 aromatic carbocycles. The normalized spacial score (nSPS) is 10.3. The minimum absolute atomic E-state index is 0.0600. The summed E-state index contributed by atoms with van der Waals surface area (Å²) in [6.45, 7) is 2.58. The summed E-state index contributed by atoms with van der Waals surface area (Å²) in [7, 11) is 0. The van der Waals surface area contributed by atoms with Crippen molar-refractivity contribution >= 4 is 21.8 Å². The van der Waals surface area contributed by atoms with Gasteiger partial charge >= 0.3 is 0 Å². The van der Waals surface area contributed by atoms with Crippen molar-refractivity contribution in [3.63, 3.8) is 0 Å². The van der Waals surface area contributed by atoms with Crippen LogP contribution in [0.4, 0.5) is 0 Å². The number of nitrogens with one attached hydrogen (secondary N) is 2. The van der Waals surface area contributed by atoms with Crippen LogP contribution in [-0.2, 0) is 6.42 Å². The summed E-state index contributed by atoms with van der Waals surface area (Å²) in [5, 5.41) is 2.88. The molecule has 0 unspecified atom stereocenters. The highest BCUT2D eigenvalue weighted by molar-refractivity contribution is 9.10. The lowest BCUT2D eigenvalue weighted by atomic mass is 10.1. The summed E-state index contributed by atoms with van der Waals surface area (Å²) in [5.41, 5.74) is 2.79. The molecule has 0 fully saturated rings. The number of aromatic amines is 1. The monoisotopic (exact) mass is 307 g/mol. The van der Waals surface area contributed by atoms with Gasteiger partial charge in [-0.2, -0.15) is 0 Å². The second kappa shape index (κ2) is 5.82. The second-order valence-corrected chi connectivity index (χ2v) is 4.90. The molecule has 1 amide bonds. The summed E-state index contributed by atoms with van der Waals surface area (Å²) < 4.78 is 0.948. The summed E-state index contributed by atoms with van der Waals surface area (Å²) in [5.74, 6) is -0.0600. The van der Waals surface area contributed by atoms with Gasteiger partial charge in [-0.05, 0) is 24.6 Å². The van der Waals surface area contributed by atoms with E-state index in [2.05, 4.69) is 31.2 Å². The molecule has 2 N–H and O–H groups in total. The molecule has 1 aromatic heterocycles. The topological polar surface area (TPSA) is 57.8 Å². The number of nitrogens with zero attached hydrogens (tertiary/aromatic N) is 1. The van der Waals surface area contributed by atoms with E-state index in [1.54, 1.807) is 12.5 Å². The largest absolute Gasteiger partial charge is 0.352 e. The van der Waals surface area contributed by atoms with Crippen molar-refractivity contribution < 1.29 is 4.79 Å². The van der Waals surface area contributed by atoms with Crippen LogP contribution in [0.25, 0.3) is 0 Å². The Morgan fingerprint density at radius 3 is 3.00 bits per heavy atom. The number of carbonyl (C=O) groups is 1. The number of aromatic nitrogens is 2.